The first-order valence-electron chi connectivity index (χ1n) is 8.25. The van der Waals surface area contributed by atoms with Gasteiger partial charge in [0.15, 0.2) is 12.4 Å². The fourth-order valence-corrected chi connectivity index (χ4v) is 5.27. The van der Waals surface area contributed by atoms with Crippen molar-refractivity contribution in [3.8, 4) is 0 Å². The van der Waals surface area contributed by atoms with Crippen molar-refractivity contribution in [2.45, 2.75) is 50.7 Å². The Balaban J connectivity index is 1.37. The summed E-state index contributed by atoms with van der Waals surface area (Å²) in [5.41, 5.74) is -0.000305. The predicted octanol–water partition coefficient (Wildman–Crippen LogP) is 3.18. The zero-order valence-corrected chi connectivity index (χ0v) is 12.8. The zero-order chi connectivity index (χ0) is 15.2. The number of aromatic nitrogens is 2. The van der Waals surface area contributed by atoms with Crippen LogP contribution in [-0.2, 0) is 11.3 Å². The summed E-state index contributed by atoms with van der Waals surface area (Å²) in [5, 5.41) is 3.20. The van der Waals surface area contributed by atoms with Gasteiger partial charge in [0.25, 0.3) is 0 Å². The van der Waals surface area contributed by atoms with Crippen molar-refractivity contribution in [3.63, 3.8) is 0 Å². The second-order valence-electron chi connectivity index (χ2n) is 7.33. The lowest BCUT2D eigenvalue weighted by molar-refractivity contribution is -0.0197. The fourth-order valence-electron chi connectivity index (χ4n) is 5.27. The number of ether oxygens (including phenoxy) is 1. The summed E-state index contributed by atoms with van der Waals surface area (Å²) in [5.74, 6) is 3.12. The lowest BCUT2D eigenvalue weighted by atomic mass is 9.53. The van der Waals surface area contributed by atoms with Gasteiger partial charge in [-0.3, -0.25) is 0 Å². The maximum atomic E-state index is 12.2. The first-order valence-corrected chi connectivity index (χ1v) is 8.25. The molecule has 0 aromatic carbocycles. The standard InChI is InChI=1S/C17H23N3O2/c1-2-20-4-3-18-15(20)11-22-16(21)19-17-8-12-5-13(9-17)7-14(6-12)10-17/h2-4,12-14H,1,5-11H2,(H,19,21). The van der Waals surface area contributed by atoms with Gasteiger partial charge in [0.05, 0.1) is 0 Å². The minimum Gasteiger partial charge on any atom is -0.441 e. The van der Waals surface area contributed by atoms with E-state index in [-0.39, 0.29) is 18.2 Å². The number of carbonyl (C=O) groups is 1. The van der Waals surface area contributed by atoms with E-state index in [1.165, 1.54) is 19.3 Å². The van der Waals surface area contributed by atoms with E-state index in [1.807, 2.05) is 0 Å². The van der Waals surface area contributed by atoms with E-state index in [0.717, 1.165) is 37.0 Å². The smallest absolute Gasteiger partial charge is 0.408 e. The van der Waals surface area contributed by atoms with Crippen molar-refractivity contribution in [2.75, 3.05) is 0 Å². The Morgan fingerprint density at radius 2 is 2.00 bits per heavy atom. The molecule has 1 aromatic heterocycles. The van der Waals surface area contributed by atoms with Crippen molar-refractivity contribution in [3.05, 3.63) is 24.8 Å². The molecule has 0 unspecified atom stereocenters. The normalized spacial score (nSPS) is 35.4. The van der Waals surface area contributed by atoms with Crippen LogP contribution in [0.4, 0.5) is 4.79 Å². The van der Waals surface area contributed by atoms with Gasteiger partial charge in [-0.25, -0.2) is 9.78 Å². The van der Waals surface area contributed by atoms with Crippen molar-refractivity contribution >= 4 is 12.3 Å². The predicted molar refractivity (Wildman–Crippen MR) is 82.8 cm³/mol. The number of carbonyl (C=O) groups excluding carboxylic acids is 1. The maximum absolute atomic E-state index is 12.2. The second-order valence-corrected chi connectivity index (χ2v) is 7.33. The number of nitrogens with zero attached hydrogens (tertiary/aromatic N) is 2. The number of hydrogen-bond acceptors (Lipinski definition) is 3. The first-order chi connectivity index (χ1) is 10.7. The summed E-state index contributed by atoms with van der Waals surface area (Å²) in [4.78, 5) is 16.4. The van der Waals surface area contributed by atoms with E-state index in [4.69, 9.17) is 4.74 Å². The summed E-state index contributed by atoms with van der Waals surface area (Å²) in [7, 11) is 0. The molecular weight excluding hydrogens is 278 g/mol. The van der Waals surface area contributed by atoms with Gasteiger partial charge in [0.2, 0.25) is 0 Å². The molecule has 0 spiro atoms. The largest absolute Gasteiger partial charge is 0.441 e. The van der Waals surface area contributed by atoms with Crippen LogP contribution in [0.3, 0.4) is 0 Å². The first kappa shape index (κ1) is 13.9. The molecule has 22 heavy (non-hydrogen) atoms. The quantitative estimate of drug-likeness (QED) is 0.929. The molecule has 0 radical (unpaired) electrons. The van der Waals surface area contributed by atoms with Crippen LogP contribution in [0.25, 0.3) is 6.20 Å². The number of alkyl carbamates (subject to hydrolysis) is 1. The van der Waals surface area contributed by atoms with Crippen LogP contribution in [0.2, 0.25) is 0 Å². The highest BCUT2D eigenvalue weighted by Crippen LogP contribution is 2.55. The summed E-state index contributed by atoms with van der Waals surface area (Å²) < 4.78 is 7.15. The minimum absolute atomic E-state index is 0.000305. The van der Waals surface area contributed by atoms with Gasteiger partial charge in [-0.2, -0.15) is 0 Å². The average Bonchev–Trinajstić information content (AvgIpc) is 2.90. The van der Waals surface area contributed by atoms with Crippen LogP contribution in [0.15, 0.2) is 19.0 Å². The Kier molecular flexibility index (Phi) is 3.24. The van der Waals surface area contributed by atoms with Gasteiger partial charge < -0.3 is 14.6 Å². The Bertz CT molecular complexity index is 557. The Hall–Kier alpha value is -1.78. The molecule has 1 amide bonds. The van der Waals surface area contributed by atoms with Crippen molar-refractivity contribution in [1.82, 2.24) is 14.9 Å². The molecule has 4 aliphatic rings. The highest BCUT2D eigenvalue weighted by molar-refractivity contribution is 5.68. The molecule has 1 aromatic rings. The molecule has 1 N–H and O–H groups in total. The average molecular weight is 301 g/mol. The topological polar surface area (TPSA) is 56.2 Å². The van der Waals surface area contributed by atoms with Gasteiger partial charge in [-0.15, -0.1) is 0 Å². The van der Waals surface area contributed by atoms with Crippen LogP contribution in [0.1, 0.15) is 44.3 Å². The fraction of sp³-hybridized carbons (Fsp3) is 0.647. The van der Waals surface area contributed by atoms with Crippen molar-refractivity contribution in [2.24, 2.45) is 17.8 Å². The maximum Gasteiger partial charge on any atom is 0.408 e. The molecule has 4 bridgehead atoms. The van der Waals surface area contributed by atoms with Gasteiger partial charge >= 0.3 is 6.09 Å². The summed E-state index contributed by atoms with van der Waals surface area (Å²) in [6.45, 7) is 3.88. The number of nitrogens with one attached hydrogen (secondary N) is 1. The third-order valence-corrected chi connectivity index (χ3v) is 5.68. The Morgan fingerprint density at radius 3 is 2.59 bits per heavy atom. The molecule has 0 saturated heterocycles. The minimum atomic E-state index is -0.305. The molecule has 0 atom stereocenters. The van der Waals surface area contributed by atoms with Crippen molar-refractivity contribution in [1.29, 1.82) is 0 Å². The zero-order valence-electron chi connectivity index (χ0n) is 12.8. The second kappa shape index (κ2) is 5.14. The van der Waals surface area contributed by atoms with Gasteiger partial charge in [-0.05, 0) is 56.3 Å². The molecule has 1 heterocycles. The molecule has 4 fully saturated rings. The van der Waals surface area contributed by atoms with Crippen LogP contribution in [-0.4, -0.2) is 21.2 Å². The molecule has 0 aliphatic heterocycles. The Morgan fingerprint density at radius 1 is 1.36 bits per heavy atom. The number of amides is 1. The van der Waals surface area contributed by atoms with Gasteiger partial charge in [0, 0.05) is 24.1 Å². The highest BCUT2D eigenvalue weighted by Gasteiger charge is 2.51. The summed E-state index contributed by atoms with van der Waals surface area (Å²) in [6, 6.07) is 0. The van der Waals surface area contributed by atoms with Crippen LogP contribution in [0, 0.1) is 17.8 Å². The van der Waals surface area contributed by atoms with E-state index in [2.05, 4.69) is 16.9 Å². The Labute approximate surface area is 130 Å². The third kappa shape index (κ3) is 2.42. The molecule has 5 nitrogen and oxygen atoms in total. The van der Waals surface area contributed by atoms with Crippen molar-refractivity contribution < 1.29 is 9.53 Å². The molecule has 118 valence electrons. The van der Waals surface area contributed by atoms with Gasteiger partial charge in [-0.1, -0.05) is 6.58 Å². The molecule has 4 saturated carbocycles. The van der Waals surface area contributed by atoms with E-state index < -0.39 is 0 Å². The highest BCUT2D eigenvalue weighted by atomic mass is 16.5. The molecule has 5 rings (SSSR count). The summed E-state index contributed by atoms with van der Waals surface area (Å²) in [6.07, 6.45) is 12.3. The monoisotopic (exact) mass is 301 g/mol. The molecule has 5 heteroatoms. The SMILES string of the molecule is C=Cn1ccnc1COC(=O)NC12CC3CC(CC(C3)C1)C2. The number of rotatable bonds is 4. The third-order valence-electron chi connectivity index (χ3n) is 5.68. The lowest BCUT2D eigenvalue weighted by Gasteiger charge is -2.56. The van der Waals surface area contributed by atoms with E-state index in [0.29, 0.717) is 5.82 Å². The van der Waals surface area contributed by atoms with E-state index in [9.17, 15) is 4.79 Å². The van der Waals surface area contributed by atoms with Crippen LogP contribution in [0.5, 0.6) is 0 Å². The van der Waals surface area contributed by atoms with Gasteiger partial charge in [0.1, 0.15) is 0 Å². The van der Waals surface area contributed by atoms with Crippen LogP contribution >= 0.6 is 0 Å². The number of hydrogen-bond donors (Lipinski definition) is 1. The number of imidazole rings is 1. The molecule has 4 aliphatic carbocycles. The van der Waals surface area contributed by atoms with E-state index in [1.54, 1.807) is 23.2 Å². The molecular formula is C17H23N3O2. The lowest BCUT2D eigenvalue weighted by Crippen LogP contribution is -2.59. The summed E-state index contributed by atoms with van der Waals surface area (Å²) >= 11 is 0. The van der Waals surface area contributed by atoms with E-state index >= 15 is 0 Å². The van der Waals surface area contributed by atoms with Crippen LogP contribution < -0.4 is 5.32 Å².